The third kappa shape index (κ3) is 4.11. The van der Waals surface area contributed by atoms with E-state index in [4.69, 9.17) is 0 Å². The Morgan fingerprint density at radius 2 is 1.71 bits per heavy atom. The topological polar surface area (TPSA) is 49.3 Å². The molecule has 0 saturated carbocycles. The maximum Gasteiger partial charge on any atom is 0.224 e. The number of carbonyl (C=O) groups is 1. The lowest BCUT2D eigenvalue weighted by Gasteiger charge is -2.24. The molecule has 0 bridgehead atoms. The molecule has 1 amide bonds. The standard InChI is InChI=1S/C17H15F4NO2/c1-17(24,12-6-5-10(18)7-15(12)21)9-22-16(23)8-11-13(19)3-2-4-14(11)20/h2-7,24H,8-9H2,1H3,(H,22,23). The van der Waals surface area contributed by atoms with Crippen LogP contribution in [0.3, 0.4) is 0 Å². The van der Waals surface area contributed by atoms with Crippen LogP contribution in [0.5, 0.6) is 0 Å². The highest BCUT2D eigenvalue weighted by molar-refractivity contribution is 5.78. The molecule has 2 aromatic rings. The Balaban J connectivity index is 2.05. The molecule has 1 unspecified atom stereocenters. The highest BCUT2D eigenvalue weighted by atomic mass is 19.1. The Hall–Kier alpha value is -2.41. The quantitative estimate of drug-likeness (QED) is 0.822. The van der Waals surface area contributed by atoms with Crippen LogP contribution in [-0.4, -0.2) is 17.6 Å². The Morgan fingerprint density at radius 1 is 1.08 bits per heavy atom. The van der Waals surface area contributed by atoms with E-state index >= 15 is 0 Å². The number of benzene rings is 2. The van der Waals surface area contributed by atoms with Gasteiger partial charge in [0.2, 0.25) is 5.91 Å². The van der Waals surface area contributed by atoms with E-state index in [1.54, 1.807) is 0 Å². The zero-order valence-corrected chi connectivity index (χ0v) is 12.7. The maximum absolute atomic E-state index is 13.7. The molecule has 0 saturated heterocycles. The van der Waals surface area contributed by atoms with Crippen LogP contribution in [0, 0.1) is 23.3 Å². The van der Waals surface area contributed by atoms with Gasteiger partial charge in [0.25, 0.3) is 0 Å². The van der Waals surface area contributed by atoms with Gasteiger partial charge in [-0.05, 0) is 25.1 Å². The Kier molecular flexibility index (Phi) is 5.23. The average molecular weight is 341 g/mol. The van der Waals surface area contributed by atoms with Crippen molar-refractivity contribution in [1.29, 1.82) is 0 Å². The van der Waals surface area contributed by atoms with Gasteiger partial charge in [0, 0.05) is 17.2 Å². The number of halogens is 4. The summed E-state index contributed by atoms with van der Waals surface area (Å²) in [6, 6.07) is 5.87. The van der Waals surface area contributed by atoms with E-state index in [1.807, 2.05) is 0 Å². The first kappa shape index (κ1) is 17.9. The molecule has 0 radical (unpaired) electrons. The third-order valence-corrected chi connectivity index (χ3v) is 3.54. The van der Waals surface area contributed by atoms with Gasteiger partial charge in [-0.15, -0.1) is 0 Å². The van der Waals surface area contributed by atoms with E-state index in [1.165, 1.54) is 13.0 Å². The van der Waals surface area contributed by atoms with Gasteiger partial charge in [-0.1, -0.05) is 12.1 Å². The summed E-state index contributed by atoms with van der Waals surface area (Å²) in [7, 11) is 0. The van der Waals surface area contributed by atoms with Crippen molar-refractivity contribution in [2.24, 2.45) is 0 Å². The van der Waals surface area contributed by atoms with E-state index < -0.39 is 53.3 Å². The minimum atomic E-state index is -1.82. The SMILES string of the molecule is CC(O)(CNC(=O)Cc1c(F)cccc1F)c1ccc(F)cc1F. The molecule has 0 spiro atoms. The van der Waals surface area contributed by atoms with Crippen LogP contribution in [0.25, 0.3) is 0 Å². The van der Waals surface area contributed by atoms with E-state index in [0.717, 1.165) is 24.3 Å². The van der Waals surface area contributed by atoms with Crippen molar-refractivity contribution in [1.82, 2.24) is 5.32 Å². The summed E-state index contributed by atoms with van der Waals surface area (Å²) in [5, 5.41) is 12.5. The van der Waals surface area contributed by atoms with E-state index in [2.05, 4.69) is 5.32 Å². The average Bonchev–Trinajstić information content (AvgIpc) is 2.49. The summed E-state index contributed by atoms with van der Waals surface area (Å²) in [6.45, 7) is 0.817. The largest absolute Gasteiger partial charge is 0.383 e. The molecule has 0 aliphatic carbocycles. The summed E-state index contributed by atoms with van der Waals surface area (Å²) in [5.74, 6) is -4.23. The van der Waals surface area contributed by atoms with E-state index in [0.29, 0.717) is 6.07 Å². The lowest BCUT2D eigenvalue weighted by Crippen LogP contribution is -2.40. The van der Waals surface area contributed by atoms with E-state index in [9.17, 15) is 27.5 Å². The number of aliphatic hydroxyl groups is 1. The first-order chi connectivity index (χ1) is 11.2. The lowest BCUT2D eigenvalue weighted by atomic mass is 9.95. The molecule has 0 aliphatic rings. The van der Waals surface area contributed by atoms with E-state index in [-0.39, 0.29) is 5.56 Å². The van der Waals surface area contributed by atoms with Gasteiger partial charge in [0.1, 0.15) is 28.9 Å². The smallest absolute Gasteiger partial charge is 0.224 e. The number of hydrogen-bond acceptors (Lipinski definition) is 2. The highest BCUT2D eigenvalue weighted by Gasteiger charge is 2.27. The van der Waals surface area contributed by atoms with Crippen molar-refractivity contribution in [3.8, 4) is 0 Å². The van der Waals surface area contributed by atoms with Crippen molar-refractivity contribution in [2.45, 2.75) is 18.9 Å². The lowest BCUT2D eigenvalue weighted by molar-refractivity contribution is -0.121. The number of carbonyl (C=O) groups excluding carboxylic acids is 1. The Labute approximate surface area is 135 Å². The van der Waals surface area contributed by atoms with Crippen molar-refractivity contribution >= 4 is 5.91 Å². The predicted octanol–water partition coefficient (Wildman–Crippen LogP) is 2.81. The molecular formula is C17H15F4NO2. The molecule has 2 N–H and O–H groups in total. The zero-order valence-electron chi connectivity index (χ0n) is 12.7. The zero-order chi connectivity index (χ0) is 17.9. The molecule has 0 aromatic heterocycles. The Bertz CT molecular complexity index is 742. The normalized spacial score (nSPS) is 13.4. The van der Waals surface area contributed by atoms with Crippen LogP contribution in [0.2, 0.25) is 0 Å². The van der Waals surface area contributed by atoms with Crippen molar-refractivity contribution in [2.75, 3.05) is 6.54 Å². The second-order valence-electron chi connectivity index (χ2n) is 5.55. The van der Waals surface area contributed by atoms with Gasteiger partial charge in [-0.3, -0.25) is 4.79 Å². The van der Waals surface area contributed by atoms with Crippen molar-refractivity contribution in [3.63, 3.8) is 0 Å². The minimum Gasteiger partial charge on any atom is -0.383 e. The number of hydrogen-bond donors (Lipinski definition) is 2. The predicted molar refractivity (Wildman–Crippen MR) is 79.0 cm³/mol. The summed E-state index contributed by atoms with van der Waals surface area (Å²) in [6.07, 6.45) is -0.569. The van der Waals surface area contributed by atoms with Gasteiger partial charge < -0.3 is 10.4 Å². The van der Waals surface area contributed by atoms with Gasteiger partial charge in [-0.25, -0.2) is 17.6 Å². The molecule has 7 heteroatoms. The van der Waals surface area contributed by atoms with Crippen LogP contribution in [0.4, 0.5) is 17.6 Å². The van der Waals surface area contributed by atoms with Gasteiger partial charge in [0.15, 0.2) is 0 Å². The van der Waals surface area contributed by atoms with Crippen molar-refractivity contribution in [3.05, 3.63) is 70.8 Å². The van der Waals surface area contributed by atoms with Crippen LogP contribution < -0.4 is 5.32 Å². The van der Waals surface area contributed by atoms with Crippen LogP contribution in [0.15, 0.2) is 36.4 Å². The molecule has 2 rings (SSSR count). The number of nitrogens with one attached hydrogen (secondary N) is 1. The third-order valence-electron chi connectivity index (χ3n) is 3.54. The van der Waals surface area contributed by atoms with Gasteiger partial charge in [-0.2, -0.15) is 0 Å². The molecule has 24 heavy (non-hydrogen) atoms. The molecule has 0 heterocycles. The minimum absolute atomic E-state index is 0.207. The maximum atomic E-state index is 13.7. The molecule has 3 nitrogen and oxygen atoms in total. The van der Waals surface area contributed by atoms with Gasteiger partial charge in [0.05, 0.1) is 13.0 Å². The fourth-order valence-corrected chi connectivity index (χ4v) is 2.22. The van der Waals surface area contributed by atoms with Crippen molar-refractivity contribution < 1.29 is 27.5 Å². The summed E-state index contributed by atoms with van der Waals surface area (Å²) < 4.78 is 53.6. The Morgan fingerprint density at radius 3 is 2.29 bits per heavy atom. The van der Waals surface area contributed by atoms with Gasteiger partial charge >= 0.3 is 0 Å². The monoisotopic (exact) mass is 341 g/mol. The molecule has 1 atom stereocenters. The molecular weight excluding hydrogens is 326 g/mol. The second kappa shape index (κ2) is 7.00. The second-order valence-corrected chi connectivity index (χ2v) is 5.55. The number of amides is 1. The molecule has 128 valence electrons. The highest BCUT2D eigenvalue weighted by Crippen LogP contribution is 2.23. The molecule has 0 aliphatic heterocycles. The first-order valence-electron chi connectivity index (χ1n) is 7.08. The first-order valence-corrected chi connectivity index (χ1v) is 7.08. The van der Waals surface area contributed by atoms with Crippen LogP contribution >= 0.6 is 0 Å². The molecule has 0 fully saturated rings. The summed E-state index contributed by atoms with van der Waals surface area (Å²) in [4.78, 5) is 11.8. The summed E-state index contributed by atoms with van der Waals surface area (Å²) in [5.41, 5.74) is -2.43. The van der Waals surface area contributed by atoms with Crippen LogP contribution in [-0.2, 0) is 16.8 Å². The number of rotatable bonds is 5. The fourth-order valence-electron chi connectivity index (χ4n) is 2.22. The molecule has 2 aromatic carbocycles. The fraction of sp³-hybridized carbons (Fsp3) is 0.235. The van der Waals surface area contributed by atoms with Crippen LogP contribution in [0.1, 0.15) is 18.1 Å². The summed E-state index contributed by atoms with van der Waals surface area (Å²) >= 11 is 0.